The molecule has 5 nitrogen and oxygen atoms in total. The van der Waals surface area contributed by atoms with Gasteiger partial charge in [0.15, 0.2) is 0 Å². The van der Waals surface area contributed by atoms with Crippen LogP contribution in [0.4, 0.5) is 0 Å². The second-order valence-electron chi connectivity index (χ2n) is 6.74. The summed E-state index contributed by atoms with van der Waals surface area (Å²) < 4.78 is 10.6. The molecule has 0 bridgehead atoms. The molecule has 0 radical (unpaired) electrons. The highest BCUT2D eigenvalue weighted by molar-refractivity contribution is 5.78. The van der Waals surface area contributed by atoms with E-state index in [0.717, 1.165) is 63.5 Å². The van der Waals surface area contributed by atoms with Gasteiger partial charge in [0.25, 0.3) is 0 Å². The number of hydrogen-bond donors (Lipinski definition) is 0. The third kappa shape index (κ3) is 5.31. The summed E-state index contributed by atoms with van der Waals surface area (Å²) in [6, 6.07) is 8.08. The van der Waals surface area contributed by atoms with Crippen LogP contribution >= 0.6 is 0 Å². The predicted molar refractivity (Wildman–Crippen MR) is 98.6 cm³/mol. The fourth-order valence-electron chi connectivity index (χ4n) is 3.38. The number of likely N-dealkylation sites (tertiary alicyclic amines) is 1. The van der Waals surface area contributed by atoms with Crippen molar-refractivity contribution in [1.82, 2.24) is 9.80 Å². The summed E-state index contributed by atoms with van der Waals surface area (Å²) in [6.07, 6.45) is 6.52. The molecular weight excluding hydrogens is 316 g/mol. The van der Waals surface area contributed by atoms with Crippen molar-refractivity contribution in [3.05, 3.63) is 35.9 Å². The zero-order valence-corrected chi connectivity index (χ0v) is 15.0. The summed E-state index contributed by atoms with van der Waals surface area (Å²) in [4.78, 5) is 16.6. The van der Waals surface area contributed by atoms with Gasteiger partial charge in [-0.1, -0.05) is 24.3 Å². The lowest BCUT2D eigenvalue weighted by atomic mass is 9.95. The summed E-state index contributed by atoms with van der Waals surface area (Å²) in [5, 5.41) is 0. The van der Waals surface area contributed by atoms with Gasteiger partial charge in [0.2, 0.25) is 5.91 Å². The molecule has 25 heavy (non-hydrogen) atoms. The van der Waals surface area contributed by atoms with Crippen LogP contribution in [-0.2, 0) is 9.53 Å². The molecular formula is C20H28N2O3. The van der Waals surface area contributed by atoms with Crippen molar-refractivity contribution in [3.8, 4) is 5.75 Å². The van der Waals surface area contributed by atoms with Gasteiger partial charge in [-0.25, -0.2) is 0 Å². The number of allylic oxidation sites excluding steroid dienone is 1. The molecule has 0 atom stereocenters. The van der Waals surface area contributed by atoms with Crippen molar-refractivity contribution >= 4 is 12.0 Å². The van der Waals surface area contributed by atoms with E-state index in [-0.39, 0.29) is 5.91 Å². The molecule has 0 aliphatic carbocycles. The van der Waals surface area contributed by atoms with Gasteiger partial charge in [0, 0.05) is 26.2 Å². The Balaban J connectivity index is 1.44. The van der Waals surface area contributed by atoms with Crippen molar-refractivity contribution in [2.45, 2.75) is 12.8 Å². The number of carbonyl (C=O) groups excluding carboxylic acids is 1. The quantitative estimate of drug-likeness (QED) is 0.822. The Bertz CT molecular complexity index is 588. The van der Waals surface area contributed by atoms with Crippen LogP contribution in [-0.4, -0.2) is 68.8 Å². The number of piperidine rings is 1. The zero-order valence-electron chi connectivity index (χ0n) is 15.0. The molecule has 2 aliphatic rings. The van der Waals surface area contributed by atoms with Gasteiger partial charge in [0.05, 0.1) is 26.9 Å². The summed E-state index contributed by atoms with van der Waals surface area (Å²) in [5.74, 6) is 1.68. The molecule has 0 unspecified atom stereocenters. The number of ether oxygens (including phenoxy) is 2. The van der Waals surface area contributed by atoms with E-state index < -0.39 is 0 Å². The van der Waals surface area contributed by atoms with Gasteiger partial charge in [-0.15, -0.1) is 0 Å². The minimum atomic E-state index is 0.261. The number of hydrogen-bond acceptors (Lipinski definition) is 4. The van der Waals surface area contributed by atoms with Gasteiger partial charge in [-0.05, 0) is 36.5 Å². The van der Waals surface area contributed by atoms with E-state index in [1.54, 1.807) is 7.11 Å². The Kier molecular flexibility index (Phi) is 6.48. The largest absolute Gasteiger partial charge is 0.497 e. The molecule has 0 aromatic heterocycles. The number of nitrogens with zero attached hydrogens (tertiary/aromatic N) is 2. The Hall–Kier alpha value is -1.85. The molecule has 0 spiro atoms. The molecule has 1 amide bonds. The monoisotopic (exact) mass is 344 g/mol. The zero-order chi connectivity index (χ0) is 17.5. The maximum absolute atomic E-state index is 12.4. The molecule has 2 fully saturated rings. The van der Waals surface area contributed by atoms with Crippen molar-refractivity contribution in [3.63, 3.8) is 0 Å². The SMILES string of the molecule is COc1cccc(C=CC2CCN(C(=O)CN3CCOCC3)CC2)c1. The summed E-state index contributed by atoms with van der Waals surface area (Å²) >= 11 is 0. The molecule has 0 saturated carbocycles. The molecule has 0 N–H and O–H groups in total. The topological polar surface area (TPSA) is 42.0 Å². The minimum Gasteiger partial charge on any atom is -0.497 e. The first-order chi connectivity index (χ1) is 12.2. The Morgan fingerprint density at radius 2 is 2.00 bits per heavy atom. The minimum absolute atomic E-state index is 0.261. The van der Waals surface area contributed by atoms with E-state index in [2.05, 4.69) is 23.1 Å². The maximum atomic E-state index is 12.4. The van der Waals surface area contributed by atoms with Crippen molar-refractivity contribution < 1.29 is 14.3 Å². The fraction of sp³-hybridized carbons (Fsp3) is 0.550. The Morgan fingerprint density at radius 1 is 1.24 bits per heavy atom. The van der Waals surface area contributed by atoms with Crippen LogP contribution in [0.25, 0.3) is 6.08 Å². The van der Waals surface area contributed by atoms with Gasteiger partial charge >= 0.3 is 0 Å². The van der Waals surface area contributed by atoms with E-state index in [9.17, 15) is 4.79 Å². The fourth-order valence-corrected chi connectivity index (χ4v) is 3.38. The number of benzene rings is 1. The normalized spacial score (nSPS) is 20.1. The molecule has 3 rings (SSSR count). The third-order valence-corrected chi connectivity index (χ3v) is 5.01. The highest BCUT2D eigenvalue weighted by Crippen LogP contribution is 2.21. The third-order valence-electron chi connectivity index (χ3n) is 5.01. The van der Waals surface area contributed by atoms with Gasteiger partial charge < -0.3 is 14.4 Å². The van der Waals surface area contributed by atoms with Crippen LogP contribution in [0.1, 0.15) is 18.4 Å². The van der Waals surface area contributed by atoms with Crippen LogP contribution in [0.15, 0.2) is 30.3 Å². The molecule has 2 heterocycles. The lowest BCUT2D eigenvalue weighted by Gasteiger charge is -2.33. The predicted octanol–water partition coefficient (Wildman–Crippen LogP) is 2.28. The number of morpholine rings is 1. The lowest BCUT2D eigenvalue weighted by molar-refractivity contribution is -0.134. The van der Waals surface area contributed by atoms with Crippen LogP contribution < -0.4 is 4.74 Å². The highest BCUT2D eigenvalue weighted by atomic mass is 16.5. The number of methoxy groups -OCH3 is 1. The average Bonchev–Trinajstić information content (AvgIpc) is 2.67. The average molecular weight is 344 g/mol. The summed E-state index contributed by atoms with van der Waals surface area (Å²) in [7, 11) is 1.69. The molecule has 5 heteroatoms. The van der Waals surface area contributed by atoms with Gasteiger partial charge in [-0.3, -0.25) is 9.69 Å². The second kappa shape index (κ2) is 9.02. The molecule has 2 aliphatic heterocycles. The van der Waals surface area contributed by atoms with Crippen LogP contribution in [0, 0.1) is 5.92 Å². The first-order valence-electron chi connectivity index (χ1n) is 9.15. The van der Waals surface area contributed by atoms with Crippen molar-refractivity contribution in [2.24, 2.45) is 5.92 Å². The molecule has 136 valence electrons. The van der Waals surface area contributed by atoms with Crippen molar-refractivity contribution in [1.29, 1.82) is 0 Å². The first-order valence-corrected chi connectivity index (χ1v) is 9.15. The van der Waals surface area contributed by atoms with E-state index in [4.69, 9.17) is 9.47 Å². The molecule has 1 aromatic rings. The van der Waals surface area contributed by atoms with Gasteiger partial charge in [0.1, 0.15) is 5.75 Å². The first kappa shape index (κ1) is 18.0. The van der Waals surface area contributed by atoms with E-state index in [0.29, 0.717) is 12.5 Å². The molecule has 2 saturated heterocycles. The highest BCUT2D eigenvalue weighted by Gasteiger charge is 2.23. The number of rotatable bonds is 5. The van der Waals surface area contributed by atoms with E-state index in [1.165, 1.54) is 0 Å². The second-order valence-corrected chi connectivity index (χ2v) is 6.74. The van der Waals surface area contributed by atoms with E-state index >= 15 is 0 Å². The summed E-state index contributed by atoms with van der Waals surface area (Å²) in [6.45, 7) is 5.46. The van der Waals surface area contributed by atoms with Crippen LogP contribution in [0.2, 0.25) is 0 Å². The standard InChI is InChI=1S/C20H28N2O3/c1-24-19-4-2-3-18(15-19)6-5-17-7-9-22(10-8-17)20(23)16-21-11-13-25-14-12-21/h2-6,15,17H,7-14,16H2,1H3. The number of amides is 1. The summed E-state index contributed by atoms with van der Waals surface area (Å²) in [5.41, 5.74) is 1.16. The van der Waals surface area contributed by atoms with Crippen LogP contribution in [0.3, 0.4) is 0 Å². The molecule has 1 aromatic carbocycles. The number of carbonyl (C=O) groups is 1. The van der Waals surface area contributed by atoms with Crippen LogP contribution in [0.5, 0.6) is 5.75 Å². The maximum Gasteiger partial charge on any atom is 0.236 e. The van der Waals surface area contributed by atoms with Crippen molar-refractivity contribution in [2.75, 3.05) is 53.0 Å². The Labute approximate surface area is 150 Å². The lowest BCUT2D eigenvalue weighted by Crippen LogP contribution is -2.46. The van der Waals surface area contributed by atoms with Gasteiger partial charge in [-0.2, -0.15) is 0 Å². The van der Waals surface area contributed by atoms with E-state index in [1.807, 2.05) is 23.1 Å². The smallest absolute Gasteiger partial charge is 0.236 e. The Morgan fingerprint density at radius 3 is 2.72 bits per heavy atom.